The minimum absolute atomic E-state index is 0.986. The number of nitrogens with zero attached hydrogens (tertiary/aromatic N) is 1. The van der Waals surface area contributed by atoms with E-state index in [1.54, 1.807) is 0 Å². The van der Waals surface area contributed by atoms with Crippen LogP contribution in [-0.4, -0.2) is 18.5 Å². The van der Waals surface area contributed by atoms with Crippen molar-refractivity contribution in [2.24, 2.45) is 0 Å². The molecule has 1 aliphatic heterocycles. The van der Waals surface area contributed by atoms with E-state index >= 15 is 0 Å². The van der Waals surface area contributed by atoms with Gasteiger partial charge in [0.25, 0.3) is 0 Å². The standard InChI is InChI=1S/C20H25N/c1-4-6-14-20(18-13-10-15-21(3)16-18)19(5-2)17-11-8-7-9-12-17/h4,6-13,15H,5,14,16H2,1-3H3/b6-4-,20-19+. The van der Waals surface area contributed by atoms with Gasteiger partial charge in [-0.15, -0.1) is 0 Å². The van der Waals surface area contributed by atoms with Crippen molar-refractivity contribution in [2.75, 3.05) is 13.6 Å². The second-order valence-electron chi connectivity index (χ2n) is 5.40. The minimum Gasteiger partial charge on any atom is -0.376 e. The van der Waals surface area contributed by atoms with Crippen molar-refractivity contribution >= 4 is 5.57 Å². The van der Waals surface area contributed by atoms with Crippen LogP contribution in [0.25, 0.3) is 5.57 Å². The molecule has 0 atom stereocenters. The Morgan fingerprint density at radius 2 is 1.95 bits per heavy atom. The first-order valence-corrected chi connectivity index (χ1v) is 7.72. The maximum Gasteiger partial charge on any atom is 0.0423 e. The summed E-state index contributed by atoms with van der Waals surface area (Å²) >= 11 is 0. The second kappa shape index (κ2) is 7.68. The Morgan fingerprint density at radius 1 is 1.19 bits per heavy atom. The number of rotatable bonds is 5. The number of hydrogen-bond acceptors (Lipinski definition) is 1. The third kappa shape index (κ3) is 3.98. The molecule has 0 saturated heterocycles. The zero-order valence-electron chi connectivity index (χ0n) is 13.3. The van der Waals surface area contributed by atoms with Crippen LogP contribution in [0.5, 0.6) is 0 Å². The number of allylic oxidation sites excluding steroid dienone is 5. The maximum atomic E-state index is 2.26. The zero-order valence-corrected chi connectivity index (χ0v) is 13.3. The van der Waals surface area contributed by atoms with E-state index in [0.717, 1.165) is 19.4 Å². The largest absolute Gasteiger partial charge is 0.376 e. The van der Waals surface area contributed by atoms with Crippen LogP contribution in [0.1, 0.15) is 32.3 Å². The van der Waals surface area contributed by atoms with Crippen LogP contribution in [0.15, 0.2) is 72.0 Å². The molecule has 0 aliphatic carbocycles. The Kier molecular flexibility index (Phi) is 5.62. The molecule has 1 heteroatoms. The van der Waals surface area contributed by atoms with Crippen molar-refractivity contribution in [3.63, 3.8) is 0 Å². The molecule has 1 nitrogen and oxygen atoms in total. The summed E-state index contributed by atoms with van der Waals surface area (Å²) in [4.78, 5) is 2.24. The Morgan fingerprint density at radius 3 is 2.57 bits per heavy atom. The molecule has 110 valence electrons. The van der Waals surface area contributed by atoms with Crippen molar-refractivity contribution in [3.05, 3.63) is 77.5 Å². The topological polar surface area (TPSA) is 3.24 Å². The molecule has 0 amide bonds. The molecule has 1 aromatic rings. The molecule has 0 bridgehead atoms. The van der Waals surface area contributed by atoms with Crippen LogP contribution in [0.3, 0.4) is 0 Å². The van der Waals surface area contributed by atoms with Crippen LogP contribution >= 0.6 is 0 Å². The zero-order chi connectivity index (χ0) is 15.1. The molecule has 0 saturated carbocycles. The average Bonchev–Trinajstić information content (AvgIpc) is 2.52. The van der Waals surface area contributed by atoms with Crippen LogP contribution in [0.4, 0.5) is 0 Å². The third-order valence-corrected chi connectivity index (χ3v) is 3.84. The highest BCUT2D eigenvalue weighted by Crippen LogP contribution is 2.30. The predicted octanol–water partition coefficient (Wildman–Crippen LogP) is 5.20. The first-order chi connectivity index (χ1) is 10.3. The Hall–Kier alpha value is -2.02. The van der Waals surface area contributed by atoms with Crippen molar-refractivity contribution in [1.82, 2.24) is 4.90 Å². The summed E-state index contributed by atoms with van der Waals surface area (Å²) in [5.41, 5.74) is 5.71. The molecule has 0 aromatic heterocycles. The van der Waals surface area contributed by atoms with Crippen molar-refractivity contribution in [1.29, 1.82) is 0 Å². The van der Waals surface area contributed by atoms with Gasteiger partial charge in [-0.05, 0) is 54.3 Å². The van der Waals surface area contributed by atoms with Gasteiger partial charge in [0.15, 0.2) is 0 Å². The van der Waals surface area contributed by atoms with Crippen LogP contribution in [0, 0.1) is 0 Å². The smallest absolute Gasteiger partial charge is 0.0423 e. The van der Waals surface area contributed by atoms with E-state index in [-0.39, 0.29) is 0 Å². The van der Waals surface area contributed by atoms with Crippen molar-refractivity contribution in [3.8, 4) is 0 Å². The van der Waals surface area contributed by atoms with Gasteiger partial charge in [-0.25, -0.2) is 0 Å². The summed E-state index contributed by atoms with van der Waals surface area (Å²) in [6.07, 6.45) is 13.0. The van der Waals surface area contributed by atoms with Gasteiger partial charge in [-0.2, -0.15) is 0 Å². The average molecular weight is 279 g/mol. The molecule has 0 fully saturated rings. The molecule has 0 radical (unpaired) electrons. The highest BCUT2D eigenvalue weighted by molar-refractivity contribution is 5.73. The third-order valence-electron chi connectivity index (χ3n) is 3.84. The number of benzene rings is 1. The molecule has 0 N–H and O–H groups in total. The monoisotopic (exact) mass is 279 g/mol. The molecular formula is C20H25N. The van der Waals surface area contributed by atoms with Gasteiger partial charge in [0.05, 0.1) is 0 Å². The summed E-state index contributed by atoms with van der Waals surface area (Å²) in [6, 6.07) is 10.8. The molecule has 2 rings (SSSR count). The van der Waals surface area contributed by atoms with E-state index in [1.807, 2.05) is 0 Å². The van der Waals surface area contributed by atoms with E-state index in [9.17, 15) is 0 Å². The van der Waals surface area contributed by atoms with Gasteiger partial charge < -0.3 is 4.90 Å². The summed E-state index contributed by atoms with van der Waals surface area (Å²) in [6.45, 7) is 5.33. The molecule has 1 heterocycles. The van der Waals surface area contributed by atoms with E-state index in [1.165, 1.54) is 22.3 Å². The Labute approximate surface area is 129 Å². The van der Waals surface area contributed by atoms with Gasteiger partial charge in [0.1, 0.15) is 0 Å². The molecule has 0 unspecified atom stereocenters. The molecule has 1 aliphatic rings. The SMILES string of the molecule is C/C=C\C/C(C1=CC=CN(C)C1)=C(/CC)c1ccccc1. The molecule has 0 spiro atoms. The highest BCUT2D eigenvalue weighted by Gasteiger charge is 2.13. The lowest BCUT2D eigenvalue weighted by Crippen LogP contribution is -2.18. The predicted molar refractivity (Wildman–Crippen MR) is 92.9 cm³/mol. The van der Waals surface area contributed by atoms with Gasteiger partial charge in [0.2, 0.25) is 0 Å². The summed E-state index contributed by atoms with van der Waals surface area (Å²) in [5.74, 6) is 0. The lowest BCUT2D eigenvalue weighted by atomic mass is 9.89. The Bertz CT molecular complexity index is 573. The lowest BCUT2D eigenvalue weighted by molar-refractivity contribution is 0.492. The molecule has 1 aromatic carbocycles. The van der Waals surface area contributed by atoms with E-state index < -0.39 is 0 Å². The van der Waals surface area contributed by atoms with Crippen LogP contribution in [-0.2, 0) is 0 Å². The maximum absolute atomic E-state index is 2.26. The lowest BCUT2D eigenvalue weighted by Gasteiger charge is -2.24. The highest BCUT2D eigenvalue weighted by atomic mass is 15.1. The van der Waals surface area contributed by atoms with E-state index in [0.29, 0.717) is 0 Å². The quantitative estimate of drug-likeness (QED) is 0.669. The van der Waals surface area contributed by atoms with Gasteiger partial charge >= 0.3 is 0 Å². The number of likely N-dealkylation sites (N-methyl/N-ethyl adjacent to an activating group) is 1. The fourth-order valence-corrected chi connectivity index (χ4v) is 2.79. The fraction of sp³-hybridized carbons (Fsp3) is 0.300. The van der Waals surface area contributed by atoms with Crippen LogP contribution < -0.4 is 0 Å². The fourth-order valence-electron chi connectivity index (χ4n) is 2.79. The van der Waals surface area contributed by atoms with Crippen molar-refractivity contribution < 1.29 is 0 Å². The Balaban J connectivity index is 2.48. The van der Waals surface area contributed by atoms with E-state index in [4.69, 9.17) is 0 Å². The normalized spacial score (nSPS) is 16.1. The van der Waals surface area contributed by atoms with Gasteiger partial charge in [-0.3, -0.25) is 0 Å². The first-order valence-electron chi connectivity index (χ1n) is 7.72. The van der Waals surface area contributed by atoms with Gasteiger partial charge in [0, 0.05) is 13.6 Å². The summed E-state index contributed by atoms with van der Waals surface area (Å²) < 4.78 is 0. The summed E-state index contributed by atoms with van der Waals surface area (Å²) in [7, 11) is 2.13. The first kappa shape index (κ1) is 15.4. The minimum atomic E-state index is 0.986. The number of hydrogen-bond donors (Lipinski definition) is 0. The van der Waals surface area contributed by atoms with Crippen LogP contribution in [0.2, 0.25) is 0 Å². The summed E-state index contributed by atoms with van der Waals surface area (Å²) in [5, 5.41) is 0. The van der Waals surface area contributed by atoms with Crippen molar-refractivity contribution in [2.45, 2.75) is 26.7 Å². The van der Waals surface area contributed by atoms with E-state index in [2.05, 4.69) is 86.6 Å². The second-order valence-corrected chi connectivity index (χ2v) is 5.40. The molecule has 21 heavy (non-hydrogen) atoms. The van der Waals surface area contributed by atoms with Gasteiger partial charge in [-0.1, -0.05) is 55.5 Å². The molecular weight excluding hydrogens is 254 g/mol.